The smallest absolute Gasteiger partial charge is 0.145 e. The predicted molar refractivity (Wildman–Crippen MR) is 136 cm³/mol. The van der Waals surface area contributed by atoms with Crippen LogP contribution < -0.4 is 0 Å². The van der Waals surface area contributed by atoms with E-state index in [2.05, 4.69) is 64.2 Å². The molecule has 34 heavy (non-hydrogen) atoms. The quantitative estimate of drug-likeness (QED) is 0.281. The maximum atomic E-state index is 9.40. The summed E-state index contributed by atoms with van der Waals surface area (Å²) in [6, 6.07) is 35.0. The molecule has 7 rings (SSSR count). The lowest BCUT2D eigenvalue weighted by Gasteiger charge is -2.10. The summed E-state index contributed by atoms with van der Waals surface area (Å²) >= 11 is 0. The molecule has 0 aliphatic carbocycles. The topological polar surface area (TPSA) is 54.8 Å². The van der Waals surface area contributed by atoms with Crippen molar-refractivity contribution in [3.63, 3.8) is 0 Å². The van der Waals surface area contributed by atoms with E-state index < -0.39 is 0 Å². The Morgan fingerprint density at radius 1 is 0.676 bits per heavy atom. The molecule has 0 saturated carbocycles. The molecule has 0 bridgehead atoms. The van der Waals surface area contributed by atoms with Crippen molar-refractivity contribution in [2.75, 3.05) is 0 Å². The lowest BCUT2D eigenvalue weighted by atomic mass is 10.0. The molecule has 3 aromatic heterocycles. The summed E-state index contributed by atoms with van der Waals surface area (Å²) in [4.78, 5) is 4.69. The zero-order valence-electron chi connectivity index (χ0n) is 18.1. The van der Waals surface area contributed by atoms with Crippen LogP contribution in [0.1, 0.15) is 5.56 Å². The number of nitrogens with zero attached hydrogens (tertiary/aromatic N) is 3. The summed E-state index contributed by atoms with van der Waals surface area (Å²) in [6.07, 6.45) is 1.81. The Labute approximate surface area is 194 Å². The molecule has 7 aromatic rings. The van der Waals surface area contributed by atoms with Gasteiger partial charge in [0.05, 0.1) is 17.1 Å². The van der Waals surface area contributed by atoms with Crippen LogP contribution in [0.2, 0.25) is 0 Å². The van der Waals surface area contributed by atoms with Gasteiger partial charge in [-0.3, -0.25) is 4.57 Å². The lowest BCUT2D eigenvalue weighted by Crippen LogP contribution is -1.95. The van der Waals surface area contributed by atoms with Crippen LogP contribution in [0.5, 0.6) is 0 Å². The number of nitriles is 1. The van der Waals surface area contributed by atoms with Crippen LogP contribution in [-0.4, -0.2) is 9.55 Å². The third kappa shape index (κ3) is 2.68. The summed E-state index contributed by atoms with van der Waals surface area (Å²) in [6.45, 7) is 0. The molecule has 0 amide bonds. The Bertz CT molecular complexity index is 1930. The minimum Gasteiger partial charge on any atom is -0.456 e. The van der Waals surface area contributed by atoms with Gasteiger partial charge in [-0.25, -0.2) is 4.98 Å². The average molecular weight is 435 g/mol. The molecular weight excluding hydrogens is 418 g/mol. The van der Waals surface area contributed by atoms with Crippen LogP contribution in [0.4, 0.5) is 0 Å². The second kappa shape index (κ2) is 7.06. The zero-order valence-corrected chi connectivity index (χ0v) is 18.1. The zero-order chi connectivity index (χ0) is 22.6. The van der Waals surface area contributed by atoms with Gasteiger partial charge in [0.2, 0.25) is 0 Å². The summed E-state index contributed by atoms with van der Waals surface area (Å²) in [5.41, 5.74) is 7.60. The van der Waals surface area contributed by atoms with Crippen LogP contribution in [0.25, 0.3) is 60.7 Å². The highest BCUT2D eigenvalue weighted by atomic mass is 16.3. The van der Waals surface area contributed by atoms with Crippen molar-refractivity contribution in [1.29, 1.82) is 5.26 Å². The maximum absolute atomic E-state index is 9.40. The fourth-order valence-corrected chi connectivity index (χ4v) is 4.91. The standard InChI is InChI=1S/C30H17N3O/c31-18-19-10-12-27-25(15-19)24-8-4-14-32-30(24)33(27)22-6-3-5-20(16-22)21-11-13-29-26(17-21)23-7-1-2-9-28(23)34-29/h1-17H. The van der Waals surface area contributed by atoms with Crippen LogP contribution in [-0.2, 0) is 0 Å². The predicted octanol–water partition coefficient (Wildman–Crippen LogP) is 7.62. The summed E-state index contributed by atoms with van der Waals surface area (Å²) < 4.78 is 8.17. The molecule has 0 spiro atoms. The van der Waals surface area contributed by atoms with Crippen LogP contribution in [0.3, 0.4) is 0 Å². The van der Waals surface area contributed by atoms with Gasteiger partial charge in [0.25, 0.3) is 0 Å². The molecule has 4 aromatic carbocycles. The molecule has 0 N–H and O–H groups in total. The number of aromatic nitrogens is 2. The highest BCUT2D eigenvalue weighted by Gasteiger charge is 2.15. The van der Waals surface area contributed by atoms with Gasteiger partial charge >= 0.3 is 0 Å². The van der Waals surface area contributed by atoms with Crippen LogP contribution in [0, 0.1) is 11.3 Å². The van der Waals surface area contributed by atoms with Gasteiger partial charge in [-0.2, -0.15) is 5.26 Å². The molecule has 0 unspecified atom stereocenters. The Morgan fingerprint density at radius 3 is 2.47 bits per heavy atom. The average Bonchev–Trinajstić information content (AvgIpc) is 3.43. The highest BCUT2D eigenvalue weighted by Crippen LogP contribution is 2.35. The third-order valence-electron chi connectivity index (χ3n) is 6.47. The molecule has 0 fully saturated rings. The second-order valence-corrected chi connectivity index (χ2v) is 8.41. The number of rotatable bonds is 2. The number of para-hydroxylation sites is 1. The van der Waals surface area contributed by atoms with E-state index in [0.717, 1.165) is 60.7 Å². The summed E-state index contributed by atoms with van der Waals surface area (Å²) in [5, 5.41) is 13.7. The fourth-order valence-electron chi connectivity index (χ4n) is 4.91. The molecule has 0 aliphatic heterocycles. The molecule has 4 heteroatoms. The Kier molecular flexibility index (Phi) is 3.88. The molecule has 0 radical (unpaired) electrons. The van der Waals surface area contributed by atoms with E-state index in [1.807, 2.05) is 54.7 Å². The number of fused-ring (bicyclic) bond motifs is 6. The molecule has 0 atom stereocenters. The lowest BCUT2D eigenvalue weighted by molar-refractivity contribution is 0.669. The van der Waals surface area contributed by atoms with Crippen molar-refractivity contribution in [1.82, 2.24) is 9.55 Å². The summed E-state index contributed by atoms with van der Waals surface area (Å²) in [7, 11) is 0. The van der Waals surface area contributed by atoms with Crippen molar-refractivity contribution in [3.05, 3.63) is 109 Å². The monoisotopic (exact) mass is 435 g/mol. The SMILES string of the molecule is N#Cc1ccc2c(c1)c1cccnc1n2-c1cccc(-c2ccc3oc4ccccc4c3c2)c1. The van der Waals surface area contributed by atoms with Crippen LogP contribution in [0.15, 0.2) is 108 Å². The number of pyridine rings is 1. The van der Waals surface area contributed by atoms with Gasteiger partial charge in [0, 0.05) is 33.4 Å². The van der Waals surface area contributed by atoms with E-state index in [1.54, 1.807) is 0 Å². The van der Waals surface area contributed by atoms with Crippen LogP contribution >= 0.6 is 0 Å². The first-order valence-electron chi connectivity index (χ1n) is 11.1. The second-order valence-electron chi connectivity index (χ2n) is 8.41. The number of hydrogen-bond donors (Lipinski definition) is 0. The minimum atomic E-state index is 0.643. The van der Waals surface area contributed by atoms with E-state index in [4.69, 9.17) is 4.42 Å². The minimum absolute atomic E-state index is 0.643. The molecule has 0 aliphatic rings. The van der Waals surface area contributed by atoms with E-state index in [-0.39, 0.29) is 0 Å². The van der Waals surface area contributed by atoms with E-state index >= 15 is 0 Å². The van der Waals surface area contributed by atoms with Gasteiger partial charge in [0.1, 0.15) is 16.8 Å². The molecule has 3 heterocycles. The van der Waals surface area contributed by atoms with E-state index in [1.165, 1.54) is 0 Å². The number of furan rings is 1. The van der Waals surface area contributed by atoms with Gasteiger partial charge in [-0.15, -0.1) is 0 Å². The van der Waals surface area contributed by atoms with Crippen molar-refractivity contribution >= 4 is 43.9 Å². The molecule has 158 valence electrons. The Balaban J connectivity index is 1.45. The van der Waals surface area contributed by atoms with Gasteiger partial charge in [-0.1, -0.05) is 36.4 Å². The van der Waals surface area contributed by atoms with Crippen molar-refractivity contribution in [2.45, 2.75) is 0 Å². The van der Waals surface area contributed by atoms with Gasteiger partial charge < -0.3 is 4.42 Å². The fraction of sp³-hybridized carbons (Fsp3) is 0. The van der Waals surface area contributed by atoms with Crippen molar-refractivity contribution in [2.24, 2.45) is 0 Å². The molecular formula is C30H17N3O. The highest BCUT2D eigenvalue weighted by molar-refractivity contribution is 6.08. The first-order chi connectivity index (χ1) is 16.8. The third-order valence-corrected chi connectivity index (χ3v) is 6.47. The first kappa shape index (κ1) is 18.7. The van der Waals surface area contributed by atoms with E-state index in [0.29, 0.717) is 5.56 Å². The van der Waals surface area contributed by atoms with Gasteiger partial charge in [0.15, 0.2) is 0 Å². The maximum Gasteiger partial charge on any atom is 0.145 e. The number of hydrogen-bond acceptors (Lipinski definition) is 3. The van der Waals surface area contributed by atoms with Crippen molar-refractivity contribution in [3.8, 4) is 22.9 Å². The summed E-state index contributed by atoms with van der Waals surface area (Å²) in [5.74, 6) is 0. The normalized spacial score (nSPS) is 11.5. The Hall–Kier alpha value is -4.88. The van der Waals surface area contributed by atoms with Gasteiger partial charge in [-0.05, 0) is 71.8 Å². The van der Waals surface area contributed by atoms with E-state index in [9.17, 15) is 5.26 Å². The number of benzene rings is 4. The van der Waals surface area contributed by atoms with Crippen molar-refractivity contribution < 1.29 is 4.42 Å². The first-order valence-corrected chi connectivity index (χ1v) is 11.1. The molecule has 4 nitrogen and oxygen atoms in total. The molecule has 0 saturated heterocycles. The largest absolute Gasteiger partial charge is 0.456 e. The Morgan fingerprint density at radius 2 is 1.53 bits per heavy atom.